The van der Waals surface area contributed by atoms with Crippen LogP contribution in [0.25, 0.3) is 5.70 Å². The molecule has 4 nitrogen and oxygen atoms in total. The number of aryl methyl sites for hydroxylation is 1. The number of alkyl halides is 1. The van der Waals surface area contributed by atoms with E-state index in [-0.39, 0.29) is 17.3 Å². The molecule has 0 bridgehead atoms. The van der Waals surface area contributed by atoms with Crippen molar-refractivity contribution in [2.45, 2.75) is 25.1 Å². The Bertz CT molecular complexity index is 619. The van der Waals surface area contributed by atoms with E-state index in [2.05, 4.69) is 22.0 Å². The molecule has 1 unspecified atom stereocenters. The van der Waals surface area contributed by atoms with Crippen LogP contribution in [0.2, 0.25) is 0 Å². The maximum Gasteiger partial charge on any atom is 0.241 e. The van der Waals surface area contributed by atoms with Crippen LogP contribution in [0.3, 0.4) is 0 Å². The molecule has 1 heterocycles. The van der Waals surface area contributed by atoms with E-state index < -0.39 is 0 Å². The van der Waals surface area contributed by atoms with Crippen molar-refractivity contribution in [3.63, 3.8) is 0 Å². The minimum atomic E-state index is -0.139. The second-order valence-corrected chi connectivity index (χ2v) is 5.90. The lowest BCUT2D eigenvalue weighted by molar-refractivity contribution is -0.127. The second-order valence-electron chi connectivity index (χ2n) is 4.80. The fraction of sp³-hybridized carbons (Fsp3) is 0.375. The number of halogens is 1. The molecule has 0 aliphatic carbocycles. The minimum Gasteiger partial charge on any atom is -0.479 e. The van der Waals surface area contributed by atoms with Gasteiger partial charge in [0.25, 0.3) is 0 Å². The van der Waals surface area contributed by atoms with Gasteiger partial charge in [0.15, 0.2) is 6.61 Å². The van der Waals surface area contributed by atoms with E-state index in [4.69, 9.17) is 10.00 Å². The number of rotatable bonds is 4. The number of hydrogen-bond acceptors (Lipinski definition) is 3. The lowest BCUT2D eigenvalue weighted by Crippen LogP contribution is -2.38. The van der Waals surface area contributed by atoms with E-state index in [1.54, 1.807) is 4.90 Å². The summed E-state index contributed by atoms with van der Waals surface area (Å²) in [6, 6.07) is 7.62. The summed E-state index contributed by atoms with van der Waals surface area (Å²) in [5.74, 6) is 0.765. The van der Waals surface area contributed by atoms with Gasteiger partial charge in [0.2, 0.25) is 5.91 Å². The number of carbonyl (C=O) groups is 1. The van der Waals surface area contributed by atoms with E-state index in [9.17, 15) is 4.79 Å². The first-order chi connectivity index (χ1) is 10.1. The summed E-state index contributed by atoms with van der Waals surface area (Å²) in [6.45, 7) is 4.62. The quantitative estimate of drug-likeness (QED) is 0.784. The molecule has 0 spiro atoms. The fourth-order valence-corrected chi connectivity index (χ4v) is 2.86. The van der Waals surface area contributed by atoms with Crippen molar-refractivity contribution in [3.8, 4) is 11.8 Å². The van der Waals surface area contributed by atoms with Gasteiger partial charge in [-0.1, -0.05) is 22.0 Å². The zero-order chi connectivity index (χ0) is 15.4. The Kier molecular flexibility index (Phi) is 5.03. The van der Waals surface area contributed by atoms with Crippen molar-refractivity contribution in [3.05, 3.63) is 35.4 Å². The summed E-state index contributed by atoms with van der Waals surface area (Å²) in [4.78, 5) is 13.9. The maximum absolute atomic E-state index is 12.2. The molecule has 0 fully saturated rings. The number of benzene rings is 1. The van der Waals surface area contributed by atoms with Gasteiger partial charge in [-0.25, -0.2) is 0 Å². The normalized spacial score (nSPS) is 18.2. The highest BCUT2D eigenvalue weighted by atomic mass is 79.9. The van der Waals surface area contributed by atoms with Gasteiger partial charge in [-0.15, -0.1) is 0 Å². The number of carbonyl (C=O) groups excluding carboxylic acids is 1. The van der Waals surface area contributed by atoms with E-state index in [1.807, 2.05) is 38.1 Å². The molecule has 0 N–H and O–H groups in total. The van der Waals surface area contributed by atoms with Gasteiger partial charge in [0, 0.05) is 17.8 Å². The van der Waals surface area contributed by atoms with Crippen LogP contribution in [0.4, 0.5) is 0 Å². The highest BCUT2D eigenvalue weighted by Gasteiger charge is 2.28. The van der Waals surface area contributed by atoms with E-state index in [1.165, 1.54) is 0 Å². The zero-order valence-electron chi connectivity index (χ0n) is 12.1. The molecule has 0 saturated carbocycles. The van der Waals surface area contributed by atoms with Gasteiger partial charge in [0.05, 0.1) is 4.83 Å². The van der Waals surface area contributed by atoms with Crippen molar-refractivity contribution in [1.29, 1.82) is 5.26 Å². The molecule has 1 aromatic carbocycles. The Hall–Kier alpha value is -1.80. The largest absolute Gasteiger partial charge is 0.479 e. The predicted molar refractivity (Wildman–Crippen MR) is 85.0 cm³/mol. The fourth-order valence-electron chi connectivity index (χ4n) is 2.42. The van der Waals surface area contributed by atoms with Crippen LogP contribution in [0.1, 0.15) is 24.5 Å². The van der Waals surface area contributed by atoms with Gasteiger partial charge < -0.3 is 9.64 Å². The van der Waals surface area contributed by atoms with Crippen LogP contribution in [-0.2, 0) is 4.79 Å². The van der Waals surface area contributed by atoms with Crippen molar-refractivity contribution in [2.24, 2.45) is 0 Å². The van der Waals surface area contributed by atoms with Crippen LogP contribution >= 0.6 is 15.9 Å². The van der Waals surface area contributed by atoms with Gasteiger partial charge in [-0.3, -0.25) is 4.79 Å². The Balaban J connectivity index is 2.33. The molecule has 1 aromatic rings. The lowest BCUT2D eigenvalue weighted by atomic mass is 10.00. The molecule has 1 aliphatic rings. The third kappa shape index (κ3) is 3.27. The van der Waals surface area contributed by atoms with E-state index in [0.717, 1.165) is 16.8 Å². The zero-order valence-corrected chi connectivity index (χ0v) is 13.7. The van der Waals surface area contributed by atoms with Crippen molar-refractivity contribution in [2.75, 3.05) is 13.2 Å². The first-order valence-electron chi connectivity index (χ1n) is 6.84. The Morgan fingerprint density at radius 3 is 2.90 bits per heavy atom. The number of hydrogen-bond donors (Lipinski definition) is 0. The van der Waals surface area contributed by atoms with Crippen molar-refractivity contribution < 1.29 is 9.53 Å². The number of nitrogens with zero attached hydrogens (tertiary/aromatic N) is 2. The Labute approximate surface area is 133 Å². The van der Waals surface area contributed by atoms with Crippen LogP contribution in [0.15, 0.2) is 24.3 Å². The van der Waals surface area contributed by atoms with E-state index in [0.29, 0.717) is 18.7 Å². The van der Waals surface area contributed by atoms with Crippen LogP contribution in [0.5, 0.6) is 5.75 Å². The second kappa shape index (κ2) is 6.77. The highest BCUT2D eigenvalue weighted by Crippen LogP contribution is 2.31. The molecule has 0 saturated heterocycles. The lowest BCUT2D eigenvalue weighted by Gasteiger charge is -2.31. The van der Waals surface area contributed by atoms with Gasteiger partial charge >= 0.3 is 0 Å². The van der Waals surface area contributed by atoms with Gasteiger partial charge in [0.1, 0.15) is 11.8 Å². The summed E-state index contributed by atoms with van der Waals surface area (Å²) < 4.78 is 5.30. The van der Waals surface area contributed by atoms with Crippen molar-refractivity contribution in [1.82, 2.24) is 4.90 Å². The SMILES string of the molecule is CCN1C(=O)C(Br)CC=C1c1ccc(OCC#N)cc1C. The third-order valence-corrected chi connectivity index (χ3v) is 4.20. The molecule has 21 heavy (non-hydrogen) atoms. The Morgan fingerprint density at radius 1 is 1.52 bits per heavy atom. The summed E-state index contributed by atoms with van der Waals surface area (Å²) in [5, 5.41) is 8.54. The molecule has 1 amide bonds. The van der Waals surface area contributed by atoms with Gasteiger partial charge in [-0.05, 0) is 44.0 Å². The minimum absolute atomic E-state index is 0.0340. The summed E-state index contributed by atoms with van der Waals surface area (Å²) >= 11 is 3.41. The number of ether oxygens (including phenoxy) is 1. The number of allylic oxidation sites excluding steroid dienone is 1. The van der Waals surface area contributed by atoms with Crippen molar-refractivity contribution >= 4 is 27.5 Å². The van der Waals surface area contributed by atoms with Crippen LogP contribution in [-0.4, -0.2) is 28.8 Å². The molecule has 5 heteroatoms. The molecule has 1 atom stereocenters. The average Bonchev–Trinajstić information content (AvgIpc) is 2.48. The number of amides is 1. The molecule has 1 aliphatic heterocycles. The van der Waals surface area contributed by atoms with E-state index >= 15 is 0 Å². The summed E-state index contributed by atoms with van der Waals surface area (Å²) in [5.41, 5.74) is 2.99. The monoisotopic (exact) mass is 348 g/mol. The molecule has 110 valence electrons. The molecule has 0 radical (unpaired) electrons. The van der Waals surface area contributed by atoms with Gasteiger partial charge in [-0.2, -0.15) is 5.26 Å². The van der Waals surface area contributed by atoms with Crippen LogP contribution < -0.4 is 4.74 Å². The first-order valence-corrected chi connectivity index (χ1v) is 7.76. The first kappa shape index (κ1) is 15.6. The predicted octanol–water partition coefficient (Wildman–Crippen LogP) is 3.25. The molecular formula is C16H17BrN2O2. The molecule has 2 rings (SSSR count). The summed E-state index contributed by atoms with van der Waals surface area (Å²) in [7, 11) is 0. The molecular weight excluding hydrogens is 332 g/mol. The maximum atomic E-state index is 12.2. The number of nitriles is 1. The van der Waals surface area contributed by atoms with Crippen LogP contribution in [0, 0.1) is 18.3 Å². The Morgan fingerprint density at radius 2 is 2.29 bits per heavy atom. The summed E-state index contributed by atoms with van der Waals surface area (Å²) in [6.07, 6.45) is 2.78. The molecule has 0 aromatic heterocycles. The smallest absolute Gasteiger partial charge is 0.241 e. The highest BCUT2D eigenvalue weighted by molar-refractivity contribution is 9.10. The standard InChI is InChI=1S/C16H17BrN2O2/c1-3-19-15(7-6-14(17)16(19)20)13-5-4-12(10-11(13)2)21-9-8-18/h4-5,7,10,14H,3,6,9H2,1-2H3. The third-order valence-electron chi connectivity index (χ3n) is 3.44. The topological polar surface area (TPSA) is 53.3 Å². The average molecular weight is 349 g/mol.